The molecule has 1 fully saturated rings. The minimum absolute atomic E-state index is 0.0478. The molecule has 0 saturated heterocycles. The molecule has 0 aliphatic heterocycles. The van der Waals surface area contributed by atoms with Crippen LogP contribution >= 0.6 is 0 Å². The van der Waals surface area contributed by atoms with Crippen LogP contribution in [-0.2, 0) is 21.4 Å². The van der Waals surface area contributed by atoms with Gasteiger partial charge in [0, 0.05) is 56.2 Å². The predicted molar refractivity (Wildman–Crippen MR) is 176 cm³/mol. The molecule has 1 aliphatic rings. The van der Waals surface area contributed by atoms with Gasteiger partial charge in [0.1, 0.15) is 0 Å². The number of carbonyl (C=O) groups excluding carboxylic acids is 3. The molecule has 4 rings (SSSR count). The highest BCUT2D eigenvalue weighted by Crippen LogP contribution is 2.27. The van der Waals surface area contributed by atoms with Gasteiger partial charge in [-0.05, 0) is 68.0 Å². The summed E-state index contributed by atoms with van der Waals surface area (Å²) in [6.07, 6.45) is 5.77. The van der Waals surface area contributed by atoms with Gasteiger partial charge in [-0.25, -0.2) is 8.42 Å². The topological polar surface area (TPSA) is 150 Å². The smallest absolute Gasteiger partial charge is 0.251 e. The van der Waals surface area contributed by atoms with Gasteiger partial charge in [-0.1, -0.05) is 43.3 Å². The van der Waals surface area contributed by atoms with E-state index in [1.165, 1.54) is 25.2 Å². The van der Waals surface area contributed by atoms with Gasteiger partial charge >= 0.3 is 0 Å². The number of carbonyl (C=O) groups is 3. The third-order valence-electron chi connectivity index (χ3n) is 7.20. The van der Waals surface area contributed by atoms with Crippen LogP contribution in [0.4, 0.5) is 5.69 Å². The van der Waals surface area contributed by atoms with Gasteiger partial charge in [-0.3, -0.25) is 23.7 Å². The Morgan fingerprint density at radius 2 is 1.56 bits per heavy atom. The number of nitrogens with one attached hydrogen (secondary N) is 4. The van der Waals surface area contributed by atoms with E-state index in [4.69, 9.17) is 0 Å². The summed E-state index contributed by atoms with van der Waals surface area (Å²) < 4.78 is 25.3. The zero-order chi connectivity index (χ0) is 32.8. The van der Waals surface area contributed by atoms with Crippen molar-refractivity contribution in [1.82, 2.24) is 26.3 Å². The van der Waals surface area contributed by atoms with Crippen molar-refractivity contribution in [2.45, 2.75) is 45.7 Å². The van der Waals surface area contributed by atoms with Crippen LogP contribution in [0.15, 0.2) is 72.9 Å². The van der Waals surface area contributed by atoms with Crippen LogP contribution in [0.2, 0.25) is 0 Å². The molecular formula is C33H44N6O5S. The summed E-state index contributed by atoms with van der Waals surface area (Å²) in [7, 11) is -2.26. The van der Waals surface area contributed by atoms with E-state index in [9.17, 15) is 22.8 Å². The maximum Gasteiger partial charge on any atom is 0.251 e. The van der Waals surface area contributed by atoms with E-state index in [1.54, 1.807) is 6.20 Å². The second-order valence-electron chi connectivity index (χ2n) is 11.0. The summed E-state index contributed by atoms with van der Waals surface area (Å²) in [5.41, 5.74) is 2.49. The number of nitrogens with zero attached hydrogens (tertiary/aromatic N) is 2. The van der Waals surface area contributed by atoms with Crippen LogP contribution in [0.3, 0.4) is 0 Å². The number of pyridine rings is 1. The molecule has 0 radical (unpaired) electrons. The van der Waals surface area contributed by atoms with E-state index in [1.807, 2.05) is 62.4 Å². The summed E-state index contributed by atoms with van der Waals surface area (Å²) in [6, 6.07) is 19.2. The highest BCUT2D eigenvalue weighted by Gasteiger charge is 2.24. The summed E-state index contributed by atoms with van der Waals surface area (Å²) in [5.74, 6) is -0.345. The van der Waals surface area contributed by atoms with E-state index in [-0.39, 0.29) is 41.9 Å². The molecule has 11 nitrogen and oxygen atoms in total. The van der Waals surface area contributed by atoms with Gasteiger partial charge in [0.05, 0.1) is 18.0 Å². The highest BCUT2D eigenvalue weighted by molar-refractivity contribution is 7.92. The Balaban J connectivity index is 0.000000693. The Morgan fingerprint density at radius 1 is 0.911 bits per heavy atom. The zero-order valence-electron chi connectivity index (χ0n) is 26.4. The van der Waals surface area contributed by atoms with Crippen LogP contribution in [0, 0.1) is 12.8 Å². The minimum Gasteiger partial charge on any atom is -0.354 e. The first-order valence-corrected chi connectivity index (χ1v) is 16.9. The molecule has 1 saturated carbocycles. The molecule has 1 atom stereocenters. The molecule has 0 bridgehead atoms. The van der Waals surface area contributed by atoms with Crippen molar-refractivity contribution in [2.75, 3.05) is 37.2 Å². The summed E-state index contributed by atoms with van der Waals surface area (Å²) in [5, 5.41) is 11.7. The van der Waals surface area contributed by atoms with Gasteiger partial charge in [-0.15, -0.1) is 0 Å². The van der Waals surface area contributed by atoms with Gasteiger partial charge in [0.25, 0.3) is 11.8 Å². The first kappa shape index (κ1) is 35.2. The molecule has 1 heterocycles. The average Bonchev–Trinajstić information content (AvgIpc) is 3.87. The van der Waals surface area contributed by atoms with Crippen LogP contribution in [0.1, 0.15) is 58.2 Å². The second kappa shape index (κ2) is 17.3. The molecule has 242 valence electrons. The Bertz CT molecular complexity index is 1520. The first-order chi connectivity index (χ1) is 21.5. The maximum absolute atomic E-state index is 12.9. The monoisotopic (exact) mass is 636 g/mol. The van der Waals surface area contributed by atoms with Crippen molar-refractivity contribution >= 4 is 33.4 Å². The van der Waals surface area contributed by atoms with Crippen molar-refractivity contribution in [3.63, 3.8) is 0 Å². The largest absolute Gasteiger partial charge is 0.354 e. The number of sulfonamides is 1. The number of hydrogen-bond acceptors (Lipinski definition) is 7. The second-order valence-corrected chi connectivity index (χ2v) is 13.0. The van der Waals surface area contributed by atoms with Crippen LogP contribution in [-0.4, -0.2) is 70.1 Å². The van der Waals surface area contributed by atoms with E-state index in [0.29, 0.717) is 25.4 Å². The molecule has 1 aromatic heterocycles. The van der Waals surface area contributed by atoms with Gasteiger partial charge in [0.15, 0.2) is 0 Å². The lowest BCUT2D eigenvalue weighted by Crippen LogP contribution is -2.46. The predicted octanol–water partition coefficient (Wildman–Crippen LogP) is 3.03. The molecule has 45 heavy (non-hydrogen) atoms. The van der Waals surface area contributed by atoms with Gasteiger partial charge in [0.2, 0.25) is 15.9 Å². The fraction of sp³-hybridized carbons (Fsp3) is 0.394. The number of aromatic nitrogens is 1. The Morgan fingerprint density at radius 3 is 2.09 bits per heavy atom. The fourth-order valence-corrected chi connectivity index (χ4v) is 4.70. The highest BCUT2D eigenvalue weighted by atomic mass is 32.2. The minimum atomic E-state index is -3.62. The third kappa shape index (κ3) is 12.3. The molecular weight excluding hydrogens is 592 g/mol. The quantitative estimate of drug-likeness (QED) is 0.199. The standard InChI is InChI=1S/C27H37N5O5S.C6H7N/c1-4-24(27(35)31-18-20-10-11-20)28-12-13-29-25(33)21-14-22(16-23(15-21)32(2)38(3,36)37)26(34)30-17-19-8-6-5-7-9-19;1-6-4-2-3-5-7-6/h5-9,14-16,20,24,28H,4,10-13,17-18H2,1-3H3,(H,29,33)(H,30,34)(H,31,35);2-5H,1H3/t24-;/m0./s1. The fourth-order valence-electron chi connectivity index (χ4n) is 4.21. The lowest BCUT2D eigenvalue weighted by molar-refractivity contribution is -0.123. The zero-order valence-corrected chi connectivity index (χ0v) is 27.2. The van der Waals surface area contributed by atoms with Crippen molar-refractivity contribution in [3.8, 4) is 0 Å². The number of anilines is 1. The lowest BCUT2D eigenvalue weighted by atomic mass is 10.1. The number of aryl methyl sites for hydroxylation is 1. The Kier molecular flexibility index (Phi) is 13.5. The maximum atomic E-state index is 12.9. The number of hydrogen-bond donors (Lipinski definition) is 4. The Labute approximate surface area is 266 Å². The van der Waals surface area contributed by atoms with Crippen LogP contribution in [0.25, 0.3) is 0 Å². The normalized spacial score (nSPS) is 13.1. The number of benzene rings is 2. The third-order valence-corrected chi connectivity index (χ3v) is 8.41. The van der Waals surface area contributed by atoms with Gasteiger partial charge in [-0.2, -0.15) is 0 Å². The van der Waals surface area contributed by atoms with E-state index < -0.39 is 21.8 Å². The van der Waals surface area contributed by atoms with E-state index in [2.05, 4.69) is 26.3 Å². The summed E-state index contributed by atoms with van der Waals surface area (Å²) in [4.78, 5) is 42.1. The first-order valence-electron chi connectivity index (χ1n) is 15.1. The number of amides is 3. The molecule has 0 unspecified atom stereocenters. The summed E-state index contributed by atoms with van der Waals surface area (Å²) in [6.45, 7) is 5.49. The van der Waals surface area contributed by atoms with E-state index in [0.717, 1.165) is 34.7 Å². The lowest BCUT2D eigenvalue weighted by Gasteiger charge is -2.19. The Hall–Kier alpha value is -4.29. The van der Waals surface area contributed by atoms with Crippen molar-refractivity contribution in [2.24, 2.45) is 5.92 Å². The van der Waals surface area contributed by atoms with Gasteiger partial charge < -0.3 is 21.3 Å². The molecule has 2 aromatic carbocycles. The SMILES string of the molecule is CC[C@H](NCCNC(=O)c1cc(C(=O)NCc2ccccc2)cc(N(C)S(C)(=O)=O)c1)C(=O)NCC1CC1.Cc1ccccn1. The van der Waals surface area contributed by atoms with Crippen molar-refractivity contribution in [1.29, 1.82) is 0 Å². The van der Waals surface area contributed by atoms with Crippen LogP contribution < -0.4 is 25.6 Å². The molecule has 3 amide bonds. The van der Waals surface area contributed by atoms with Crippen LogP contribution in [0.5, 0.6) is 0 Å². The average molecular weight is 637 g/mol. The van der Waals surface area contributed by atoms with E-state index >= 15 is 0 Å². The molecule has 0 spiro atoms. The van der Waals surface area contributed by atoms with Crippen molar-refractivity contribution in [3.05, 3.63) is 95.3 Å². The molecule has 12 heteroatoms. The molecule has 3 aromatic rings. The van der Waals surface area contributed by atoms with Crippen molar-refractivity contribution < 1.29 is 22.8 Å². The molecule has 1 aliphatic carbocycles. The molecule has 4 N–H and O–H groups in total. The summed E-state index contributed by atoms with van der Waals surface area (Å²) >= 11 is 0. The number of rotatable bonds is 14.